The van der Waals surface area contributed by atoms with Crippen LogP contribution in [0.3, 0.4) is 0 Å². The number of carbonyl (C=O) groups is 1. The van der Waals surface area contributed by atoms with Crippen molar-refractivity contribution in [3.05, 3.63) is 0 Å². The van der Waals surface area contributed by atoms with Gasteiger partial charge in [-0.25, -0.2) is 0 Å². The van der Waals surface area contributed by atoms with Gasteiger partial charge in [0.05, 0.1) is 12.5 Å². The monoisotopic (exact) mass is 189 g/mol. The summed E-state index contributed by atoms with van der Waals surface area (Å²) in [7, 11) is 1.42. The summed E-state index contributed by atoms with van der Waals surface area (Å²) >= 11 is 1.76. The summed E-state index contributed by atoms with van der Waals surface area (Å²) in [5.74, 6) is -0.170. The molecule has 2 atom stereocenters. The van der Waals surface area contributed by atoms with Crippen molar-refractivity contribution < 1.29 is 9.53 Å². The van der Waals surface area contributed by atoms with Gasteiger partial charge in [-0.2, -0.15) is 0 Å². The van der Waals surface area contributed by atoms with Crippen molar-refractivity contribution in [3.8, 4) is 0 Å². The second kappa shape index (κ2) is 3.26. The molecule has 0 amide bonds. The van der Waals surface area contributed by atoms with E-state index in [0.29, 0.717) is 5.37 Å². The summed E-state index contributed by atoms with van der Waals surface area (Å²) in [6, 6.07) is -0.178. The number of carbonyl (C=O) groups excluding carboxylic acids is 1. The number of hydrogen-bond acceptors (Lipinski definition) is 4. The molecule has 3 nitrogen and oxygen atoms in total. The first-order valence-electron chi connectivity index (χ1n) is 3.99. The average Bonchev–Trinajstić information content (AvgIpc) is 2.23. The maximum absolute atomic E-state index is 11.3. The molecule has 1 N–H and O–H groups in total. The Morgan fingerprint density at radius 3 is 2.50 bits per heavy atom. The first kappa shape index (κ1) is 9.86. The third-order valence-electron chi connectivity index (χ3n) is 2.01. The molecular formula is C8H15NO2S. The second-order valence-electron chi connectivity index (χ2n) is 3.49. The van der Waals surface area contributed by atoms with Gasteiger partial charge in [-0.1, -0.05) is 0 Å². The van der Waals surface area contributed by atoms with Crippen molar-refractivity contribution in [2.45, 2.75) is 36.9 Å². The van der Waals surface area contributed by atoms with E-state index in [1.165, 1.54) is 7.11 Å². The molecule has 0 aromatic carbocycles. The van der Waals surface area contributed by atoms with Crippen molar-refractivity contribution in [2.75, 3.05) is 7.11 Å². The molecule has 4 heteroatoms. The zero-order valence-electron chi connectivity index (χ0n) is 7.88. The molecule has 2 unspecified atom stereocenters. The maximum Gasteiger partial charge on any atom is 0.324 e. The number of rotatable bonds is 1. The first-order valence-corrected chi connectivity index (χ1v) is 4.87. The van der Waals surface area contributed by atoms with Crippen molar-refractivity contribution in [1.82, 2.24) is 5.32 Å². The minimum Gasteiger partial charge on any atom is -0.468 e. The average molecular weight is 189 g/mol. The molecule has 0 radical (unpaired) electrons. The van der Waals surface area contributed by atoms with Crippen LogP contribution in [0.4, 0.5) is 0 Å². The normalized spacial score (nSPS) is 33.3. The number of nitrogens with one attached hydrogen (secondary N) is 1. The molecule has 70 valence electrons. The molecule has 0 saturated carbocycles. The highest BCUT2D eigenvalue weighted by atomic mass is 32.2. The molecule has 12 heavy (non-hydrogen) atoms. The maximum atomic E-state index is 11.3. The SMILES string of the molecule is COC(=O)C1NC(C)SC1(C)C. The Bertz CT molecular complexity index is 193. The van der Waals surface area contributed by atoms with E-state index in [9.17, 15) is 4.79 Å². The van der Waals surface area contributed by atoms with Crippen molar-refractivity contribution in [3.63, 3.8) is 0 Å². The van der Waals surface area contributed by atoms with Crippen LogP contribution in [-0.4, -0.2) is 29.2 Å². The summed E-state index contributed by atoms with van der Waals surface area (Å²) in [6.45, 7) is 6.15. The fourth-order valence-electron chi connectivity index (χ4n) is 1.46. The highest BCUT2D eigenvalue weighted by Crippen LogP contribution is 2.37. The Balaban J connectivity index is 2.71. The zero-order chi connectivity index (χ0) is 9.35. The number of ether oxygens (including phenoxy) is 1. The van der Waals surface area contributed by atoms with Gasteiger partial charge in [-0.05, 0) is 20.8 Å². The molecule has 0 spiro atoms. The van der Waals surface area contributed by atoms with E-state index in [1.807, 2.05) is 0 Å². The van der Waals surface area contributed by atoms with E-state index >= 15 is 0 Å². The second-order valence-corrected chi connectivity index (χ2v) is 5.48. The Morgan fingerprint density at radius 2 is 2.17 bits per heavy atom. The van der Waals surface area contributed by atoms with Crippen molar-refractivity contribution >= 4 is 17.7 Å². The number of thioether (sulfide) groups is 1. The molecule has 1 saturated heterocycles. The van der Waals surface area contributed by atoms with Crippen LogP contribution in [0.1, 0.15) is 20.8 Å². The fraction of sp³-hybridized carbons (Fsp3) is 0.875. The lowest BCUT2D eigenvalue weighted by Crippen LogP contribution is -2.45. The topological polar surface area (TPSA) is 38.3 Å². The summed E-state index contributed by atoms with van der Waals surface area (Å²) in [4.78, 5) is 11.3. The summed E-state index contributed by atoms with van der Waals surface area (Å²) < 4.78 is 4.64. The number of esters is 1. The van der Waals surface area contributed by atoms with Crippen LogP contribution in [0.15, 0.2) is 0 Å². The predicted molar refractivity (Wildman–Crippen MR) is 50.1 cm³/mol. The molecule has 1 aliphatic heterocycles. The molecule has 1 heterocycles. The van der Waals surface area contributed by atoms with Gasteiger partial charge >= 0.3 is 5.97 Å². The van der Waals surface area contributed by atoms with E-state index < -0.39 is 0 Å². The first-order chi connectivity index (χ1) is 5.47. The fourth-order valence-corrected chi connectivity index (χ4v) is 2.88. The van der Waals surface area contributed by atoms with Gasteiger partial charge in [0.1, 0.15) is 6.04 Å². The van der Waals surface area contributed by atoms with Crippen LogP contribution in [0, 0.1) is 0 Å². The molecular weight excluding hydrogens is 174 g/mol. The quantitative estimate of drug-likeness (QED) is 0.624. The largest absolute Gasteiger partial charge is 0.468 e. The lowest BCUT2D eigenvalue weighted by molar-refractivity contribution is -0.143. The lowest BCUT2D eigenvalue weighted by Gasteiger charge is -2.22. The van der Waals surface area contributed by atoms with Gasteiger partial charge in [0, 0.05) is 4.75 Å². The van der Waals surface area contributed by atoms with Gasteiger partial charge in [-0.3, -0.25) is 10.1 Å². The third-order valence-corrected chi connectivity index (χ3v) is 3.35. The predicted octanol–water partition coefficient (Wildman–Crippen LogP) is 0.989. The number of hydrogen-bond donors (Lipinski definition) is 1. The van der Waals surface area contributed by atoms with Gasteiger partial charge < -0.3 is 4.74 Å². The minimum atomic E-state index is -0.178. The summed E-state index contributed by atoms with van der Waals surface area (Å²) in [6.07, 6.45) is 0. The van der Waals surface area contributed by atoms with Crippen LogP contribution in [0.5, 0.6) is 0 Å². The highest BCUT2D eigenvalue weighted by Gasteiger charge is 2.44. The van der Waals surface area contributed by atoms with Crippen LogP contribution in [0.2, 0.25) is 0 Å². The van der Waals surface area contributed by atoms with Gasteiger partial charge in [0.25, 0.3) is 0 Å². The van der Waals surface area contributed by atoms with Crippen LogP contribution in [0.25, 0.3) is 0 Å². The summed E-state index contributed by atoms with van der Waals surface area (Å²) in [5, 5.41) is 3.51. The smallest absolute Gasteiger partial charge is 0.324 e. The van der Waals surface area contributed by atoms with Gasteiger partial charge in [-0.15, -0.1) is 11.8 Å². The van der Waals surface area contributed by atoms with Crippen LogP contribution in [-0.2, 0) is 9.53 Å². The molecule has 1 rings (SSSR count). The van der Waals surface area contributed by atoms with Gasteiger partial charge in [0.15, 0.2) is 0 Å². The summed E-state index contributed by atoms with van der Waals surface area (Å²) in [5.41, 5.74) is 0. The Morgan fingerprint density at radius 1 is 1.58 bits per heavy atom. The van der Waals surface area contributed by atoms with Crippen LogP contribution < -0.4 is 5.32 Å². The van der Waals surface area contributed by atoms with E-state index in [4.69, 9.17) is 4.74 Å². The van der Waals surface area contributed by atoms with E-state index in [-0.39, 0.29) is 16.8 Å². The standard InChI is InChI=1S/C8H15NO2S/c1-5-9-6(7(10)11-4)8(2,3)12-5/h5-6,9H,1-4H3. The highest BCUT2D eigenvalue weighted by molar-refractivity contribution is 8.01. The van der Waals surface area contributed by atoms with E-state index in [2.05, 4.69) is 26.1 Å². The Labute approximate surface area is 77.2 Å². The van der Waals surface area contributed by atoms with Crippen molar-refractivity contribution in [2.24, 2.45) is 0 Å². The Hall–Kier alpha value is -0.220. The molecule has 1 aliphatic rings. The minimum absolute atomic E-state index is 0.0630. The lowest BCUT2D eigenvalue weighted by atomic mass is 10.0. The van der Waals surface area contributed by atoms with E-state index in [1.54, 1.807) is 11.8 Å². The van der Waals surface area contributed by atoms with Crippen LogP contribution >= 0.6 is 11.8 Å². The molecule has 0 bridgehead atoms. The molecule has 0 aliphatic carbocycles. The van der Waals surface area contributed by atoms with Gasteiger partial charge in [0.2, 0.25) is 0 Å². The molecule has 1 fully saturated rings. The number of methoxy groups -OCH3 is 1. The van der Waals surface area contributed by atoms with E-state index in [0.717, 1.165) is 0 Å². The molecule has 0 aromatic heterocycles. The molecule has 0 aromatic rings. The Kier molecular flexibility index (Phi) is 2.68. The third kappa shape index (κ3) is 1.75. The van der Waals surface area contributed by atoms with Crippen molar-refractivity contribution in [1.29, 1.82) is 0 Å². The zero-order valence-corrected chi connectivity index (χ0v) is 8.70.